The van der Waals surface area contributed by atoms with Crippen LogP contribution in [-0.2, 0) is 0 Å². The quantitative estimate of drug-likeness (QED) is 0.425. The lowest BCUT2D eigenvalue weighted by atomic mass is 10.0. The number of aromatic nitrogens is 2. The second-order valence-corrected chi connectivity index (χ2v) is 6.70. The Hall–Kier alpha value is -3.26. The molecule has 8 heteroatoms. The first-order valence-corrected chi connectivity index (χ1v) is 8.83. The van der Waals surface area contributed by atoms with Gasteiger partial charge in [-0.2, -0.15) is 0 Å². The number of hydrogen-bond acceptors (Lipinski definition) is 4. The minimum atomic E-state index is -0.387. The summed E-state index contributed by atoms with van der Waals surface area (Å²) in [5, 5.41) is 15.1. The second kappa shape index (κ2) is 6.81. The number of rotatable bonds is 4. The van der Waals surface area contributed by atoms with E-state index in [1.165, 1.54) is 6.07 Å². The summed E-state index contributed by atoms with van der Waals surface area (Å²) in [6, 6.07) is 16.1. The van der Waals surface area contributed by atoms with Crippen molar-refractivity contribution in [1.82, 2.24) is 19.8 Å². The number of nitrogens with one attached hydrogen (secondary N) is 1. The molecule has 0 amide bonds. The van der Waals surface area contributed by atoms with E-state index in [9.17, 15) is 10.1 Å². The van der Waals surface area contributed by atoms with Crippen molar-refractivity contribution in [2.24, 2.45) is 0 Å². The molecule has 7 nitrogen and oxygen atoms in total. The number of pyridine rings is 1. The Balaban J connectivity index is 1.79. The number of nitro groups is 1. The molecule has 3 heterocycles. The van der Waals surface area contributed by atoms with Gasteiger partial charge in [0.2, 0.25) is 0 Å². The molecule has 1 saturated heterocycles. The van der Waals surface area contributed by atoms with Gasteiger partial charge in [-0.25, -0.2) is 0 Å². The highest BCUT2D eigenvalue weighted by atomic mass is 32.1. The number of likely N-dealkylation sites (N-methyl/N-ethyl adjacent to an activating group) is 1. The molecule has 0 bridgehead atoms. The van der Waals surface area contributed by atoms with Crippen LogP contribution in [0.1, 0.15) is 23.5 Å². The lowest BCUT2D eigenvalue weighted by molar-refractivity contribution is -0.384. The molecule has 1 N–H and O–H groups in total. The van der Waals surface area contributed by atoms with Crippen molar-refractivity contribution >= 4 is 23.0 Å². The zero-order valence-corrected chi connectivity index (χ0v) is 15.3. The molecule has 0 radical (unpaired) electrons. The molecule has 2 aromatic heterocycles. The maximum atomic E-state index is 11.1. The standard InChI is InChI=1S/C19H17N5O2S/c1-22-18(17(21-19(22)27)15-8-2-3-10-20-15)16-9-5-11-23(16)13-6-4-7-14(12-13)24(25)26/h2-12,17-18H,1H3,(H,21,27)/t17-,18+/m1/s1. The van der Waals surface area contributed by atoms with Gasteiger partial charge in [0.15, 0.2) is 5.11 Å². The Labute approximate surface area is 161 Å². The van der Waals surface area contributed by atoms with Gasteiger partial charge in [0, 0.05) is 37.3 Å². The maximum Gasteiger partial charge on any atom is 0.271 e. The average molecular weight is 379 g/mol. The summed E-state index contributed by atoms with van der Waals surface area (Å²) in [7, 11) is 1.94. The van der Waals surface area contributed by atoms with Crippen LogP contribution in [0.25, 0.3) is 5.69 Å². The van der Waals surface area contributed by atoms with E-state index in [-0.39, 0.29) is 22.7 Å². The molecule has 1 aromatic carbocycles. The van der Waals surface area contributed by atoms with Crippen molar-refractivity contribution in [2.45, 2.75) is 12.1 Å². The van der Waals surface area contributed by atoms with Gasteiger partial charge in [-0.1, -0.05) is 12.1 Å². The van der Waals surface area contributed by atoms with E-state index >= 15 is 0 Å². The molecule has 4 rings (SSSR count). The molecule has 3 aromatic rings. The molecule has 1 fully saturated rings. The van der Waals surface area contributed by atoms with Crippen LogP contribution < -0.4 is 5.32 Å². The van der Waals surface area contributed by atoms with Gasteiger partial charge in [0.05, 0.1) is 28.4 Å². The van der Waals surface area contributed by atoms with Crippen LogP contribution in [0.15, 0.2) is 67.0 Å². The number of non-ortho nitro benzene ring substituents is 1. The average Bonchev–Trinajstić information content (AvgIpc) is 3.27. The lowest BCUT2D eigenvalue weighted by Gasteiger charge is -2.25. The summed E-state index contributed by atoms with van der Waals surface area (Å²) in [6.45, 7) is 0. The van der Waals surface area contributed by atoms with Gasteiger partial charge < -0.3 is 14.8 Å². The first kappa shape index (κ1) is 17.2. The third-order valence-electron chi connectivity index (χ3n) is 4.74. The number of benzene rings is 1. The summed E-state index contributed by atoms with van der Waals surface area (Å²) in [5.74, 6) is 0. The van der Waals surface area contributed by atoms with Crippen molar-refractivity contribution in [3.05, 3.63) is 88.5 Å². The zero-order chi connectivity index (χ0) is 19.0. The van der Waals surface area contributed by atoms with Crippen molar-refractivity contribution in [3.8, 4) is 5.69 Å². The molecular formula is C19H17N5O2S. The van der Waals surface area contributed by atoms with Gasteiger partial charge in [0.1, 0.15) is 0 Å². The van der Waals surface area contributed by atoms with Crippen molar-refractivity contribution < 1.29 is 4.92 Å². The topological polar surface area (TPSA) is 76.2 Å². The van der Waals surface area contributed by atoms with Crippen LogP contribution in [-0.4, -0.2) is 31.5 Å². The SMILES string of the molecule is CN1C(=S)N[C@H](c2ccccn2)[C@@H]1c1cccn1-c1cccc([N+](=O)[O-])c1. The highest BCUT2D eigenvalue weighted by Gasteiger charge is 2.39. The molecule has 1 aliphatic rings. The normalized spacial score (nSPS) is 19.1. The van der Waals surface area contributed by atoms with Gasteiger partial charge >= 0.3 is 0 Å². The zero-order valence-electron chi connectivity index (χ0n) is 14.5. The van der Waals surface area contributed by atoms with Crippen LogP contribution in [0, 0.1) is 10.1 Å². The smallest absolute Gasteiger partial charge is 0.271 e. The predicted molar refractivity (Wildman–Crippen MR) is 106 cm³/mol. The lowest BCUT2D eigenvalue weighted by Crippen LogP contribution is -2.25. The number of nitrogens with zero attached hydrogens (tertiary/aromatic N) is 4. The molecule has 0 saturated carbocycles. The van der Waals surface area contributed by atoms with E-state index in [4.69, 9.17) is 12.2 Å². The summed E-state index contributed by atoms with van der Waals surface area (Å²) in [4.78, 5) is 17.2. The second-order valence-electron chi connectivity index (χ2n) is 6.32. The Bertz CT molecular complexity index is 1000. The third-order valence-corrected chi connectivity index (χ3v) is 5.15. The molecule has 0 spiro atoms. The van der Waals surface area contributed by atoms with E-state index in [0.717, 1.165) is 17.1 Å². The van der Waals surface area contributed by atoms with Crippen LogP contribution in [0.4, 0.5) is 5.69 Å². The highest BCUT2D eigenvalue weighted by molar-refractivity contribution is 7.80. The Morgan fingerprint density at radius 2 is 2.04 bits per heavy atom. The van der Waals surface area contributed by atoms with Crippen LogP contribution in [0.3, 0.4) is 0 Å². The fraction of sp³-hybridized carbons (Fsp3) is 0.158. The maximum absolute atomic E-state index is 11.1. The molecule has 27 heavy (non-hydrogen) atoms. The van der Waals surface area contributed by atoms with E-state index in [0.29, 0.717) is 5.11 Å². The summed E-state index contributed by atoms with van der Waals surface area (Å²) in [5.41, 5.74) is 2.65. The van der Waals surface area contributed by atoms with E-state index in [1.54, 1.807) is 18.3 Å². The van der Waals surface area contributed by atoms with Crippen LogP contribution in [0.5, 0.6) is 0 Å². The molecule has 0 aliphatic carbocycles. The molecule has 1 aliphatic heterocycles. The summed E-state index contributed by atoms with van der Waals surface area (Å²) in [6.07, 6.45) is 3.66. The van der Waals surface area contributed by atoms with Crippen LogP contribution in [0.2, 0.25) is 0 Å². The summed E-state index contributed by atoms with van der Waals surface area (Å²) >= 11 is 5.47. The first-order chi connectivity index (χ1) is 13.1. The Morgan fingerprint density at radius 1 is 1.19 bits per heavy atom. The monoisotopic (exact) mass is 379 g/mol. The van der Waals surface area contributed by atoms with E-state index in [2.05, 4.69) is 10.3 Å². The van der Waals surface area contributed by atoms with Crippen molar-refractivity contribution in [1.29, 1.82) is 0 Å². The fourth-order valence-electron chi connectivity index (χ4n) is 3.46. The van der Waals surface area contributed by atoms with Gasteiger partial charge in [-0.15, -0.1) is 0 Å². The predicted octanol–water partition coefficient (Wildman–Crippen LogP) is 3.38. The van der Waals surface area contributed by atoms with E-state index < -0.39 is 0 Å². The Kier molecular flexibility index (Phi) is 4.33. The van der Waals surface area contributed by atoms with Crippen molar-refractivity contribution in [2.75, 3.05) is 7.05 Å². The largest absolute Gasteiger partial charge is 0.352 e. The van der Waals surface area contributed by atoms with Crippen LogP contribution >= 0.6 is 12.2 Å². The fourth-order valence-corrected chi connectivity index (χ4v) is 3.70. The van der Waals surface area contributed by atoms with Gasteiger partial charge in [-0.3, -0.25) is 15.1 Å². The highest BCUT2D eigenvalue weighted by Crippen LogP contribution is 2.38. The third kappa shape index (κ3) is 3.04. The van der Waals surface area contributed by atoms with Crippen molar-refractivity contribution in [3.63, 3.8) is 0 Å². The first-order valence-electron chi connectivity index (χ1n) is 8.42. The molecule has 0 unspecified atom stereocenters. The van der Waals surface area contributed by atoms with Gasteiger partial charge in [-0.05, 0) is 42.5 Å². The molecule has 136 valence electrons. The Morgan fingerprint density at radius 3 is 2.78 bits per heavy atom. The summed E-state index contributed by atoms with van der Waals surface area (Å²) < 4.78 is 1.96. The van der Waals surface area contributed by atoms with Gasteiger partial charge in [0.25, 0.3) is 5.69 Å². The number of thiocarbonyl (C=S) groups is 1. The molecular weight excluding hydrogens is 362 g/mol. The number of nitro benzene ring substituents is 1. The number of hydrogen-bond donors (Lipinski definition) is 1. The van der Waals surface area contributed by atoms with E-state index in [1.807, 2.05) is 59.1 Å². The minimum absolute atomic E-state index is 0.0573. The minimum Gasteiger partial charge on any atom is -0.352 e. The molecule has 2 atom stereocenters.